The van der Waals surface area contributed by atoms with E-state index in [0.29, 0.717) is 11.1 Å². The summed E-state index contributed by atoms with van der Waals surface area (Å²) in [4.78, 5) is 22.2. The second-order valence-corrected chi connectivity index (χ2v) is 5.72. The van der Waals surface area contributed by atoms with E-state index in [1.165, 1.54) is 48.5 Å². The molecule has 1 atom stereocenters. The van der Waals surface area contributed by atoms with Gasteiger partial charge in [-0.25, -0.2) is 9.18 Å². The summed E-state index contributed by atoms with van der Waals surface area (Å²) in [5.74, 6) is -0.816. The number of nitro benzene ring substituents is 1. The quantitative estimate of drug-likeness (QED) is 0.273. The molecule has 3 rings (SSSR count). The Morgan fingerprint density at radius 1 is 1.25 bits per heavy atom. The molecule has 3 aromatic rings. The van der Waals surface area contributed by atoms with E-state index >= 15 is 0 Å². The molecule has 1 aromatic heterocycles. The number of rotatable bonds is 6. The van der Waals surface area contributed by atoms with Crippen molar-refractivity contribution < 1.29 is 23.3 Å². The lowest BCUT2D eigenvalue weighted by Gasteiger charge is -2.06. The first-order chi connectivity index (χ1) is 13.4. The molecule has 0 N–H and O–H groups in total. The molecule has 142 valence electrons. The highest BCUT2D eigenvalue weighted by atomic mass is 19.1. The van der Waals surface area contributed by atoms with Crippen LogP contribution in [-0.2, 0) is 9.53 Å². The minimum Gasteiger partial charge on any atom is -0.449 e. The van der Waals surface area contributed by atoms with Crippen LogP contribution in [0.3, 0.4) is 0 Å². The van der Waals surface area contributed by atoms with Crippen molar-refractivity contribution in [3.05, 3.63) is 82.0 Å². The number of non-ortho nitro benzene ring substituents is 1. The maximum Gasteiger partial charge on any atom is 0.331 e. The molecular weight excluding hydrogens is 369 g/mol. The number of carbonyl (C=O) groups is 1. The molecule has 0 aliphatic heterocycles. The van der Waals surface area contributed by atoms with E-state index in [4.69, 9.17) is 9.15 Å². The zero-order valence-corrected chi connectivity index (χ0v) is 14.6. The molecular formula is C19H14FN3O5. The maximum atomic E-state index is 13.0. The largest absolute Gasteiger partial charge is 0.449 e. The molecule has 9 heteroatoms. The number of hydrogen-bond acceptors (Lipinski definition) is 7. The Morgan fingerprint density at radius 3 is 2.71 bits per heavy atom. The summed E-state index contributed by atoms with van der Waals surface area (Å²) in [5, 5.41) is 18.4. The first-order valence-corrected chi connectivity index (χ1v) is 8.15. The SMILES string of the molecule is C[C@H](OC(=O)/C=C/c1cccc([N+](=O)[O-])c1)c1nnc(-c2ccc(F)cc2)o1. The molecule has 0 amide bonds. The van der Waals surface area contributed by atoms with Gasteiger partial charge in [-0.2, -0.15) is 0 Å². The lowest BCUT2D eigenvalue weighted by Crippen LogP contribution is -2.06. The highest BCUT2D eigenvalue weighted by molar-refractivity contribution is 5.87. The van der Waals surface area contributed by atoms with Gasteiger partial charge in [0, 0.05) is 23.8 Å². The van der Waals surface area contributed by atoms with E-state index < -0.39 is 17.0 Å². The molecule has 0 bridgehead atoms. The summed E-state index contributed by atoms with van der Waals surface area (Å²) in [7, 11) is 0. The van der Waals surface area contributed by atoms with Gasteiger partial charge in [-0.3, -0.25) is 10.1 Å². The Balaban J connectivity index is 1.63. The average Bonchev–Trinajstić information content (AvgIpc) is 3.17. The average molecular weight is 383 g/mol. The summed E-state index contributed by atoms with van der Waals surface area (Å²) in [6, 6.07) is 11.3. The number of esters is 1. The summed E-state index contributed by atoms with van der Waals surface area (Å²) in [5.41, 5.74) is 0.933. The van der Waals surface area contributed by atoms with E-state index in [2.05, 4.69) is 10.2 Å². The van der Waals surface area contributed by atoms with Crippen LogP contribution in [0.1, 0.15) is 24.5 Å². The number of aromatic nitrogens is 2. The first kappa shape index (κ1) is 18.9. The molecule has 0 unspecified atom stereocenters. The van der Waals surface area contributed by atoms with Gasteiger partial charge in [-0.05, 0) is 42.8 Å². The molecule has 0 aliphatic carbocycles. The third-order valence-corrected chi connectivity index (χ3v) is 3.67. The Morgan fingerprint density at radius 2 is 2.00 bits per heavy atom. The molecule has 0 spiro atoms. The van der Waals surface area contributed by atoms with E-state index in [1.807, 2.05) is 0 Å². The highest BCUT2D eigenvalue weighted by Gasteiger charge is 2.18. The fraction of sp³-hybridized carbons (Fsp3) is 0.105. The lowest BCUT2D eigenvalue weighted by atomic mass is 10.2. The minimum absolute atomic E-state index is 0.0800. The van der Waals surface area contributed by atoms with Gasteiger partial charge in [0.05, 0.1) is 4.92 Å². The van der Waals surface area contributed by atoms with Gasteiger partial charge in [0.1, 0.15) is 5.82 Å². The predicted molar refractivity (Wildman–Crippen MR) is 96.3 cm³/mol. The van der Waals surface area contributed by atoms with Crippen molar-refractivity contribution in [2.75, 3.05) is 0 Å². The summed E-state index contributed by atoms with van der Waals surface area (Å²) in [6.45, 7) is 1.56. The molecule has 0 fully saturated rings. The van der Waals surface area contributed by atoms with Gasteiger partial charge in [0.25, 0.3) is 11.6 Å². The van der Waals surface area contributed by atoms with Crippen molar-refractivity contribution in [2.24, 2.45) is 0 Å². The van der Waals surface area contributed by atoms with Crippen LogP contribution in [-0.4, -0.2) is 21.1 Å². The molecule has 1 heterocycles. The van der Waals surface area contributed by atoms with Crippen LogP contribution in [0.4, 0.5) is 10.1 Å². The second-order valence-electron chi connectivity index (χ2n) is 5.72. The Labute approximate surface area is 158 Å². The maximum absolute atomic E-state index is 13.0. The zero-order chi connectivity index (χ0) is 20.1. The van der Waals surface area contributed by atoms with Gasteiger partial charge in [-0.1, -0.05) is 12.1 Å². The van der Waals surface area contributed by atoms with Crippen LogP contribution in [0.5, 0.6) is 0 Å². The smallest absolute Gasteiger partial charge is 0.331 e. The molecule has 2 aromatic carbocycles. The molecule has 28 heavy (non-hydrogen) atoms. The van der Waals surface area contributed by atoms with Gasteiger partial charge >= 0.3 is 5.97 Å². The summed E-state index contributed by atoms with van der Waals surface area (Å²) < 4.78 is 23.6. The number of carbonyl (C=O) groups excluding carboxylic acids is 1. The second kappa shape index (κ2) is 8.21. The van der Waals surface area contributed by atoms with Crippen molar-refractivity contribution in [2.45, 2.75) is 13.0 Å². The Hall–Kier alpha value is -3.88. The third-order valence-electron chi connectivity index (χ3n) is 3.67. The third kappa shape index (κ3) is 4.64. The lowest BCUT2D eigenvalue weighted by molar-refractivity contribution is -0.384. The molecule has 0 aliphatic rings. The van der Waals surface area contributed by atoms with Crippen LogP contribution in [0.25, 0.3) is 17.5 Å². The van der Waals surface area contributed by atoms with Crippen molar-refractivity contribution in [1.29, 1.82) is 0 Å². The fourth-order valence-electron chi connectivity index (χ4n) is 2.28. The summed E-state index contributed by atoms with van der Waals surface area (Å²) in [6.07, 6.45) is 1.73. The summed E-state index contributed by atoms with van der Waals surface area (Å²) >= 11 is 0. The van der Waals surface area contributed by atoms with Crippen molar-refractivity contribution in [3.63, 3.8) is 0 Å². The number of halogens is 1. The van der Waals surface area contributed by atoms with Crippen LogP contribution in [0.2, 0.25) is 0 Å². The van der Waals surface area contributed by atoms with E-state index in [1.54, 1.807) is 13.0 Å². The van der Waals surface area contributed by atoms with Crippen LogP contribution in [0, 0.1) is 15.9 Å². The molecule has 0 saturated heterocycles. The monoisotopic (exact) mass is 383 g/mol. The zero-order valence-electron chi connectivity index (χ0n) is 14.6. The van der Waals surface area contributed by atoms with E-state index in [-0.39, 0.29) is 23.3 Å². The van der Waals surface area contributed by atoms with Crippen LogP contribution in [0.15, 0.2) is 59.0 Å². The van der Waals surface area contributed by atoms with Gasteiger partial charge in [0.15, 0.2) is 6.10 Å². The van der Waals surface area contributed by atoms with Crippen LogP contribution < -0.4 is 0 Å². The number of nitrogens with zero attached hydrogens (tertiary/aromatic N) is 3. The first-order valence-electron chi connectivity index (χ1n) is 8.15. The van der Waals surface area contributed by atoms with E-state index in [9.17, 15) is 19.3 Å². The predicted octanol–water partition coefficient (Wildman–Crippen LogP) is 4.10. The standard InChI is InChI=1S/C19H14FN3O5/c1-12(18-21-22-19(28-18)14-6-8-15(20)9-7-14)27-17(24)10-5-13-3-2-4-16(11-13)23(25)26/h2-12H,1H3/b10-5+/t12-/m0/s1. The number of ether oxygens (including phenoxy) is 1. The Bertz CT molecular complexity index is 1030. The normalized spacial score (nSPS) is 12.1. The topological polar surface area (TPSA) is 108 Å². The van der Waals surface area contributed by atoms with Gasteiger partial charge < -0.3 is 9.15 Å². The van der Waals surface area contributed by atoms with Crippen molar-refractivity contribution >= 4 is 17.7 Å². The van der Waals surface area contributed by atoms with Gasteiger partial charge in [-0.15, -0.1) is 10.2 Å². The fourth-order valence-corrected chi connectivity index (χ4v) is 2.28. The number of nitro groups is 1. The molecule has 8 nitrogen and oxygen atoms in total. The van der Waals surface area contributed by atoms with Crippen molar-refractivity contribution in [3.8, 4) is 11.5 Å². The highest BCUT2D eigenvalue weighted by Crippen LogP contribution is 2.23. The van der Waals surface area contributed by atoms with E-state index in [0.717, 1.165) is 6.08 Å². The molecule has 0 radical (unpaired) electrons. The number of hydrogen-bond donors (Lipinski definition) is 0. The minimum atomic E-state index is -0.816. The van der Waals surface area contributed by atoms with Crippen LogP contribution >= 0.6 is 0 Å². The number of benzene rings is 2. The Kier molecular flexibility index (Phi) is 5.54. The van der Waals surface area contributed by atoms with Crippen molar-refractivity contribution in [1.82, 2.24) is 10.2 Å². The molecule has 0 saturated carbocycles. The van der Waals surface area contributed by atoms with Gasteiger partial charge in [0.2, 0.25) is 5.89 Å².